The highest BCUT2D eigenvalue weighted by molar-refractivity contribution is 5.92. The van der Waals surface area contributed by atoms with Crippen LogP contribution in [0.3, 0.4) is 0 Å². The monoisotopic (exact) mass is 653 g/mol. The lowest BCUT2D eigenvalue weighted by Gasteiger charge is -2.41. The number of piperidine rings is 2. The van der Waals surface area contributed by atoms with Gasteiger partial charge in [0.05, 0.1) is 11.5 Å². The number of hydrogen-bond donors (Lipinski definition) is 1. The fraction of sp³-hybridized carbons (Fsp3) is 0.583. The van der Waals surface area contributed by atoms with Crippen LogP contribution in [-0.2, 0) is 28.7 Å². The summed E-state index contributed by atoms with van der Waals surface area (Å²) in [4.78, 5) is 48.5. The molecule has 254 valence electrons. The van der Waals surface area contributed by atoms with Gasteiger partial charge >= 0.3 is 12.2 Å². The maximum atomic E-state index is 14.0. The average Bonchev–Trinajstić information content (AvgIpc) is 3.37. The van der Waals surface area contributed by atoms with Crippen LogP contribution in [0.1, 0.15) is 74.5 Å². The van der Waals surface area contributed by atoms with Gasteiger partial charge in [0, 0.05) is 56.9 Å². The van der Waals surface area contributed by atoms with Crippen molar-refractivity contribution in [1.29, 1.82) is 0 Å². The molecule has 3 fully saturated rings. The molecule has 4 heterocycles. The third-order valence-electron chi connectivity index (χ3n) is 10.6. The Balaban J connectivity index is 1.10. The van der Waals surface area contributed by atoms with E-state index >= 15 is 0 Å². The number of carbonyl (C=O) groups excluding carboxylic acids is 3. The van der Waals surface area contributed by atoms with Gasteiger partial charge in [-0.3, -0.25) is 9.59 Å². The van der Waals surface area contributed by atoms with Crippen molar-refractivity contribution >= 4 is 23.5 Å². The summed E-state index contributed by atoms with van der Waals surface area (Å²) < 4.78 is 40.6. The minimum Gasteiger partial charge on any atom is -0.343 e. The SMILES string of the molecule is O=C(C[C@@H](Cc1cccc(C(F)(F)F)c1)C(=O)N1CCC(N2CCCCCC2)CC1)N1CCC(N2Cc3ccccc3NC2=O)CC1. The number of urea groups is 1. The molecule has 2 aromatic carbocycles. The number of alkyl halides is 3. The van der Waals surface area contributed by atoms with Crippen molar-refractivity contribution in [3.05, 3.63) is 65.2 Å². The fourth-order valence-electron chi connectivity index (χ4n) is 7.86. The second-order valence-corrected chi connectivity index (χ2v) is 13.6. The highest BCUT2D eigenvalue weighted by Crippen LogP contribution is 2.32. The molecule has 0 aliphatic carbocycles. The first-order valence-electron chi connectivity index (χ1n) is 17.3. The molecule has 3 saturated heterocycles. The molecular weight excluding hydrogens is 607 g/mol. The van der Waals surface area contributed by atoms with Crippen molar-refractivity contribution in [2.75, 3.05) is 44.6 Å². The Morgan fingerprint density at radius 1 is 0.809 bits per heavy atom. The van der Waals surface area contributed by atoms with Crippen LogP contribution >= 0.6 is 0 Å². The zero-order chi connectivity index (χ0) is 33.0. The van der Waals surface area contributed by atoms with Gasteiger partial charge in [-0.15, -0.1) is 0 Å². The normalized spacial score (nSPS) is 21.2. The molecule has 1 atom stereocenters. The molecule has 4 aliphatic heterocycles. The zero-order valence-electron chi connectivity index (χ0n) is 27.0. The Hall–Kier alpha value is -3.60. The van der Waals surface area contributed by atoms with Crippen LogP contribution in [0, 0.1) is 5.92 Å². The van der Waals surface area contributed by atoms with E-state index in [2.05, 4.69) is 10.2 Å². The predicted octanol–water partition coefficient (Wildman–Crippen LogP) is 6.16. The van der Waals surface area contributed by atoms with Crippen molar-refractivity contribution in [3.63, 3.8) is 0 Å². The topological polar surface area (TPSA) is 76.2 Å². The molecule has 4 aliphatic rings. The summed E-state index contributed by atoms with van der Waals surface area (Å²) in [7, 11) is 0. The van der Waals surface area contributed by atoms with Crippen molar-refractivity contribution in [2.24, 2.45) is 5.92 Å². The van der Waals surface area contributed by atoms with Crippen LogP contribution in [0.25, 0.3) is 0 Å². The van der Waals surface area contributed by atoms with Gasteiger partial charge in [-0.25, -0.2) is 4.79 Å². The Kier molecular flexibility index (Phi) is 10.4. The average molecular weight is 654 g/mol. The Morgan fingerprint density at radius 3 is 2.17 bits per heavy atom. The number of anilines is 1. The number of fused-ring (bicyclic) bond motifs is 1. The number of likely N-dealkylation sites (tertiary alicyclic amines) is 3. The standard InChI is InChI=1S/C36H46F3N5O3/c37-36(38,39)29-10-7-8-26(23-29)22-28(34(46)43-20-12-30(13-21-43)41-16-5-1-2-6-17-41)24-33(45)42-18-14-31(15-19-42)44-25-27-9-3-4-11-32(27)40-35(44)47/h3-4,7-11,23,28,30-31H,1-2,5-6,12-22,24-25H2,(H,40,47)/t28-/m1/s1. The lowest BCUT2D eigenvalue weighted by Crippen LogP contribution is -2.52. The van der Waals surface area contributed by atoms with E-state index in [0.717, 1.165) is 49.3 Å². The van der Waals surface area contributed by atoms with Gasteiger partial charge in [0.15, 0.2) is 0 Å². The summed E-state index contributed by atoms with van der Waals surface area (Å²) in [6, 6.07) is 13.1. The van der Waals surface area contributed by atoms with Crippen molar-refractivity contribution in [2.45, 2.75) is 89.0 Å². The predicted molar refractivity (Wildman–Crippen MR) is 174 cm³/mol. The summed E-state index contributed by atoms with van der Waals surface area (Å²) >= 11 is 0. The lowest BCUT2D eigenvalue weighted by atomic mass is 9.91. The number of amides is 4. The van der Waals surface area contributed by atoms with Gasteiger partial charge in [0.1, 0.15) is 0 Å². The van der Waals surface area contributed by atoms with Crippen LogP contribution in [-0.4, -0.2) is 88.8 Å². The highest BCUT2D eigenvalue weighted by atomic mass is 19.4. The molecule has 4 amide bonds. The molecule has 2 aromatic rings. The number of nitrogens with one attached hydrogen (secondary N) is 1. The van der Waals surface area contributed by atoms with E-state index in [1.807, 2.05) is 34.1 Å². The minimum absolute atomic E-state index is 0.0135. The first-order chi connectivity index (χ1) is 22.7. The van der Waals surface area contributed by atoms with E-state index in [0.29, 0.717) is 57.2 Å². The van der Waals surface area contributed by atoms with E-state index in [1.165, 1.54) is 31.7 Å². The third kappa shape index (κ3) is 8.11. The number of benzene rings is 2. The van der Waals surface area contributed by atoms with Gasteiger partial charge in [-0.2, -0.15) is 13.2 Å². The van der Waals surface area contributed by atoms with Gasteiger partial charge in [0.2, 0.25) is 11.8 Å². The molecule has 1 N–H and O–H groups in total. The lowest BCUT2D eigenvalue weighted by molar-refractivity contribution is -0.143. The molecule has 0 radical (unpaired) electrons. The van der Waals surface area contributed by atoms with Crippen molar-refractivity contribution < 1.29 is 27.6 Å². The second kappa shape index (κ2) is 14.7. The maximum absolute atomic E-state index is 14.0. The molecular formula is C36H46F3N5O3. The number of nitrogens with zero attached hydrogens (tertiary/aromatic N) is 4. The smallest absolute Gasteiger partial charge is 0.343 e. The van der Waals surface area contributed by atoms with E-state index in [4.69, 9.17) is 0 Å². The summed E-state index contributed by atoms with van der Waals surface area (Å²) in [5, 5.41) is 2.96. The molecule has 0 spiro atoms. The van der Waals surface area contributed by atoms with E-state index in [-0.39, 0.29) is 36.7 Å². The van der Waals surface area contributed by atoms with Gasteiger partial charge in [-0.05, 0) is 81.3 Å². The van der Waals surface area contributed by atoms with Crippen molar-refractivity contribution in [1.82, 2.24) is 19.6 Å². The van der Waals surface area contributed by atoms with Gasteiger partial charge < -0.3 is 24.9 Å². The fourth-order valence-corrected chi connectivity index (χ4v) is 7.86. The maximum Gasteiger partial charge on any atom is 0.416 e. The highest BCUT2D eigenvalue weighted by Gasteiger charge is 2.36. The molecule has 47 heavy (non-hydrogen) atoms. The number of rotatable bonds is 7. The Bertz CT molecular complexity index is 1410. The number of halogens is 3. The molecule has 0 saturated carbocycles. The second-order valence-electron chi connectivity index (χ2n) is 13.6. The Labute approximate surface area is 275 Å². The summed E-state index contributed by atoms with van der Waals surface area (Å²) in [5.74, 6) is -1.06. The molecule has 0 aromatic heterocycles. The molecule has 11 heteroatoms. The van der Waals surface area contributed by atoms with Gasteiger partial charge in [0.25, 0.3) is 0 Å². The van der Waals surface area contributed by atoms with Crippen LogP contribution in [0.15, 0.2) is 48.5 Å². The summed E-state index contributed by atoms with van der Waals surface area (Å²) in [6.07, 6.45) is 3.46. The molecule has 8 nitrogen and oxygen atoms in total. The molecule has 0 bridgehead atoms. The summed E-state index contributed by atoms with van der Waals surface area (Å²) in [6.45, 7) is 4.82. The van der Waals surface area contributed by atoms with Gasteiger partial charge in [-0.1, -0.05) is 49.2 Å². The zero-order valence-corrected chi connectivity index (χ0v) is 27.0. The quantitative estimate of drug-likeness (QED) is 0.389. The largest absolute Gasteiger partial charge is 0.416 e. The first-order valence-corrected chi connectivity index (χ1v) is 17.3. The summed E-state index contributed by atoms with van der Waals surface area (Å²) in [5.41, 5.74) is 1.53. The minimum atomic E-state index is -4.49. The van der Waals surface area contributed by atoms with E-state index in [1.54, 1.807) is 11.0 Å². The molecule has 0 unspecified atom stereocenters. The first kappa shape index (κ1) is 33.3. The van der Waals surface area contributed by atoms with E-state index in [9.17, 15) is 27.6 Å². The van der Waals surface area contributed by atoms with Crippen LogP contribution in [0.5, 0.6) is 0 Å². The number of hydrogen-bond acceptors (Lipinski definition) is 4. The number of carbonyl (C=O) groups is 3. The van der Waals surface area contributed by atoms with Crippen LogP contribution < -0.4 is 5.32 Å². The van der Waals surface area contributed by atoms with Crippen LogP contribution in [0.4, 0.5) is 23.7 Å². The van der Waals surface area contributed by atoms with Crippen molar-refractivity contribution in [3.8, 4) is 0 Å². The number of para-hydroxylation sites is 1. The van der Waals surface area contributed by atoms with Crippen LogP contribution in [0.2, 0.25) is 0 Å². The molecule has 6 rings (SSSR count). The van der Waals surface area contributed by atoms with E-state index < -0.39 is 17.7 Å². The third-order valence-corrected chi connectivity index (χ3v) is 10.6. The Morgan fingerprint density at radius 2 is 1.47 bits per heavy atom.